The van der Waals surface area contributed by atoms with Crippen LogP contribution in [0.1, 0.15) is 18.4 Å². The van der Waals surface area contributed by atoms with Gasteiger partial charge in [-0.15, -0.1) is 0 Å². The predicted octanol–water partition coefficient (Wildman–Crippen LogP) is 5.94. The molecule has 1 heterocycles. The predicted molar refractivity (Wildman–Crippen MR) is 143 cm³/mol. The number of nitrogens with one attached hydrogen (secondary N) is 1. The molecule has 3 aromatic rings. The lowest BCUT2D eigenvalue weighted by Gasteiger charge is -2.32. The Balaban J connectivity index is 1.51. The standard InChI is InChI=1S/C27H26ClN3O3S/c1-34-23-14-6-13-22(17-23)29-26(33)24-18-25(32)31(15-7-10-19-8-3-2-4-9-19)27(35-24)30-21-12-5-11-20(28)16-21/h2-6,8-9,11-14,16-17,24H,7,10,15,18H2,1H3,(H,29,33). The molecule has 3 aromatic carbocycles. The van der Waals surface area contributed by atoms with Crippen molar-refractivity contribution in [2.75, 3.05) is 19.0 Å². The van der Waals surface area contributed by atoms with Gasteiger partial charge in [0.25, 0.3) is 0 Å². The van der Waals surface area contributed by atoms with Gasteiger partial charge >= 0.3 is 0 Å². The number of carbonyl (C=O) groups is 2. The van der Waals surface area contributed by atoms with E-state index in [2.05, 4.69) is 17.4 Å². The number of ether oxygens (including phenoxy) is 1. The summed E-state index contributed by atoms with van der Waals surface area (Å²) in [6, 6.07) is 24.4. The normalized spacial score (nSPS) is 16.9. The summed E-state index contributed by atoms with van der Waals surface area (Å²) < 4.78 is 5.23. The van der Waals surface area contributed by atoms with Crippen molar-refractivity contribution >= 4 is 51.7 Å². The molecular formula is C27H26ClN3O3S. The summed E-state index contributed by atoms with van der Waals surface area (Å²) in [7, 11) is 1.57. The van der Waals surface area contributed by atoms with Crippen molar-refractivity contribution in [2.24, 2.45) is 4.99 Å². The highest BCUT2D eigenvalue weighted by Gasteiger charge is 2.35. The van der Waals surface area contributed by atoms with Crippen LogP contribution in [0.3, 0.4) is 0 Å². The molecule has 4 rings (SSSR count). The smallest absolute Gasteiger partial charge is 0.238 e. The number of amidine groups is 1. The van der Waals surface area contributed by atoms with Gasteiger partial charge in [0.05, 0.1) is 12.8 Å². The van der Waals surface area contributed by atoms with Gasteiger partial charge in [0.2, 0.25) is 11.8 Å². The highest BCUT2D eigenvalue weighted by Crippen LogP contribution is 2.31. The minimum absolute atomic E-state index is 0.0976. The van der Waals surface area contributed by atoms with Gasteiger partial charge in [-0.3, -0.25) is 14.5 Å². The number of carbonyl (C=O) groups excluding carboxylic acids is 2. The summed E-state index contributed by atoms with van der Waals surface area (Å²) >= 11 is 7.44. The Kier molecular flexibility index (Phi) is 8.45. The van der Waals surface area contributed by atoms with Crippen LogP contribution in [0.5, 0.6) is 5.75 Å². The first kappa shape index (κ1) is 24.8. The molecular weight excluding hydrogens is 482 g/mol. The Morgan fingerprint density at radius 3 is 2.69 bits per heavy atom. The summed E-state index contributed by atoms with van der Waals surface area (Å²) in [6.45, 7) is 0.518. The first-order chi connectivity index (χ1) is 17.0. The van der Waals surface area contributed by atoms with Gasteiger partial charge in [-0.1, -0.05) is 65.8 Å². The van der Waals surface area contributed by atoms with Gasteiger partial charge in [-0.25, -0.2) is 4.99 Å². The zero-order valence-electron chi connectivity index (χ0n) is 19.3. The van der Waals surface area contributed by atoms with E-state index in [1.165, 1.54) is 17.3 Å². The van der Waals surface area contributed by atoms with Crippen LogP contribution in [0.25, 0.3) is 0 Å². The van der Waals surface area contributed by atoms with Crippen molar-refractivity contribution in [1.29, 1.82) is 0 Å². The molecule has 1 N–H and O–H groups in total. The molecule has 35 heavy (non-hydrogen) atoms. The van der Waals surface area contributed by atoms with Crippen LogP contribution < -0.4 is 10.1 Å². The second-order valence-corrected chi connectivity index (χ2v) is 9.65. The number of benzene rings is 3. The first-order valence-corrected chi connectivity index (χ1v) is 12.6. The fourth-order valence-corrected chi connectivity index (χ4v) is 5.04. The van der Waals surface area contributed by atoms with E-state index in [0.29, 0.717) is 33.9 Å². The van der Waals surface area contributed by atoms with Crippen molar-refractivity contribution in [3.63, 3.8) is 0 Å². The number of aliphatic imine (C=N–C) groups is 1. The number of anilines is 1. The molecule has 6 nitrogen and oxygen atoms in total. The van der Waals surface area contributed by atoms with Crippen molar-refractivity contribution in [3.8, 4) is 5.75 Å². The molecule has 180 valence electrons. The fourth-order valence-electron chi connectivity index (χ4n) is 3.73. The summed E-state index contributed by atoms with van der Waals surface area (Å²) in [5, 5.41) is 3.35. The van der Waals surface area contributed by atoms with Crippen LogP contribution in [-0.4, -0.2) is 40.8 Å². The monoisotopic (exact) mass is 507 g/mol. The van der Waals surface area contributed by atoms with E-state index >= 15 is 0 Å². The molecule has 0 saturated carbocycles. The molecule has 0 aliphatic carbocycles. The molecule has 8 heteroatoms. The van der Waals surface area contributed by atoms with E-state index < -0.39 is 5.25 Å². The number of nitrogens with zero attached hydrogens (tertiary/aromatic N) is 2. The molecule has 0 bridgehead atoms. The number of methoxy groups -OCH3 is 1. The molecule has 1 unspecified atom stereocenters. The topological polar surface area (TPSA) is 71.0 Å². The number of amides is 2. The molecule has 0 radical (unpaired) electrons. The Hall–Kier alpha value is -3.29. The van der Waals surface area contributed by atoms with Gasteiger partial charge in [0, 0.05) is 29.7 Å². The maximum atomic E-state index is 13.2. The third-order valence-electron chi connectivity index (χ3n) is 5.49. The molecule has 0 spiro atoms. The second-order valence-electron chi connectivity index (χ2n) is 8.04. The summed E-state index contributed by atoms with van der Waals surface area (Å²) in [6.07, 6.45) is 1.73. The zero-order valence-corrected chi connectivity index (χ0v) is 20.9. The van der Waals surface area contributed by atoms with Crippen LogP contribution in [0.15, 0.2) is 83.9 Å². The van der Waals surface area contributed by atoms with Crippen molar-refractivity contribution < 1.29 is 14.3 Å². The Morgan fingerprint density at radius 2 is 1.91 bits per heavy atom. The molecule has 1 aliphatic rings. The van der Waals surface area contributed by atoms with Crippen molar-refractivity contribution in [2.45, 2.75) is 24.5 Å². The van der Waals surface area contributed by atoms with Crippen LogP contribution in [0.2, 0.25) is 5.02 Å². The SMILES string of the molecule is COc1cccc(NC(=O)C2CC(=O)N(CCCc3ccccc3)C(=Nc3cccc(Cl)c3)S2)c1. The highest BCUT2D eigenvalue weighted by molar-refractivity contribution is 8.15. The lowest BCUT2D eigenvalue weighted by molar-refractivity contribution is -0.129. The first-order valence-electron chi connectivity index (χ1n) is 11.3. The van der Waals surface area contributed by atoms with Crippen LogP contribution >= 0.6 is 23.4 Å². The molecule has 1 atom stereocenters. The van der Waals surface area contributed by atoms with Crippen LogP contribution in [0.4, 0.5) is 11.4 Å². The maximum absolute atomic E-state index is 13.2. The molecule has 0 aromatic heterocycles. The van der Waals surface area contributed by atoms with Crippen LogP contribution in [0, 0.1) is 0 Å². The van der Waals surface area contributed by atoms with Gasteiger partial charge in [-0.2, -0.15) is 0 Å². The number of hydrogen-bond donors (Lipinski definition) is 1. The average molecular weight is 508 g/mol. The van der Waals surface area contributed by atoms with Crippen molar-refractivity contribution in [1.82, 2.24) is 4.90 Å². The molecule has 1 fully saturated rings. The lowest BCUT2D eigenvalue weighted by atomic mass is 10.1. The second kappa shape index (κ2) is 11.9. The largest absolute Gasteiger partial charge is 0.497 e. The molecule has 1 aliphatic heterocycles. The minimum Gasteiger partial charge on any atom is -0.497 e. The number of thioether (sulfide) groups is 1. The van der Waals surface area contributed by atoms with E-state index in [1.807, 2.05) is 30.3 Å². The van der Waals surface area contributed by atoms with Crippen molar-refractivity contribution in [3.05, 3.63) is 89.4 Å². The number of halogens is 1. The Labute approximate surface area is 214 Å². The van der Waals surface area contributed by atoms with Gasteiger partial charge < -0.3 is 10.1 Å². The maximum Gasteiger partial charge on any atom is 0.238 e. The van der Waals surface area contributed by atoms with Gasteiger partial charge in [-0.05, 0) is 48.7 Å². The Bertz CT molecular complexity index is 1220. The van der Waals surface area contributed by atoms with E-state index in [0.717, 1.165) is 12.8 Å². The third kappa shape index (κ3) is 6.87. The number of rotatable bonds is 8. The lowest BCUT2D eigenvalue weighted by Crippen LogP contribution is -2.45. The average Bonchev–Trinajstić information content (AvgIpc) is 2.86. The molecule has 2 amide bonds. The summed E-state index contributed by atoms with van der Waals surface area (Å²) in [5.41, 5.74) is 2.46. The summed E-state index contributed by atoms with van der Waals surface area (Å²) in [5.74, 6) is 0.269. The van der Waals surface area contributed by atoms with E-state index in [9.17, 15) is 9.59 Å². The third-order valence-corrected chi connectivity index (χ3v) is 6.92. The molecule has 1 saturated heterocycles. The highest BCUT2D eigenvalue weighted by atomic mass is 35.5. The van der Waals surface area contributed by atoms with Gasteiger partial charge in [0.15, 0.2) is 5.17 Å². The zero-order chi connectivity index (χ0) is 24.6. The number of hydrogen-bond acceptors (Lipinski definition) is 5. The van der Waals surface area contributed by atoms with E-state index in [1.54, 1.807) is 48.4 Å². The Morgan fingerprint density at radius 1 is 1.11 bits per heavy atom. The number of aryl methyl sites for hydroxylation is 1. The van der Waals surface area contributed by atoms with Gasteiger partial charge in [0.1, 0.15) is 11.0 Å². The van der Waals surface area contributed by atoms with E-state index in [-0.39, 0.29) is 18.2 Å². The van der Waals surface area contributed by atoms with E-state index in [4.69, 9.17) is 21.3 Å². The van der Waals surface area contributed by atoms with Crippen LogP contribution in [-0.2, 0) is 16.0 Å². The quantitative estimate of drug-likeness (QED) is 0.409. The fraction of sp³-hybridized carbons (Fsp3) is 0.222. The summed E-state index contributed by atoms with van der Waals surface area (Å²) in [4.78, 5) is 32.6. The minimum atomic E-state index is -0.600.